The third-order valence-corrected chi connectivity index (χ3v) is 4.31. The number of halogens is 1. The van der Waals surface area contributed by atoms with E-state index in [1.807, 2.05) is 18.2 Å². The van der Waals surface area contributed by atoms with Crippen LogP contribution in [0, 0.1) is 0 Å². The maximum atomic E-state index is 12.8. The number of ether oxygens (including phenoxy) is 1. The quantitative estimate of drug-likeness (QED) is 0.580. The first-order valence-corrected chi connectivity index (χ1v) is 9.22. The van der Waals surface area contributed by atoms with Crippen LogP contribution < -0.4 is 15.4 Å². The van der Waals surface area contributed by atoms with Gasteiger partial charge in [0.1, 0.15) is 11.4 Å². The van der Waals surface area contributed by atoms with Crippen LogP contribution in [0.1, 0.15) is 15.9 Å². The van der Waals surface area contributed by atoms with Gasteiger partial charge in [0.2, 0.25) is 0 Å². The van der Waals surface area contributed by atoms with Gasteiger partial charge in [0.15, 0.2) is 0 Å². The van der Waals surface area contributed by atoms with Crippen molar-refractivity contribution in [1.29, 1.82) is 0 Å². The summed E-state index contributed by atoms with van der Waals surface area (Å²) < 4.78 is 5.15. The highest BCUT2D eigenvalue weighted by Gasteiger charge is 2.15. The summed E-state index contributed by atoms with van der Waals surface area (Å²) in [4.78, 5) is 25.4. The van der Waals surface area contributed by atoms with Crippen molar-refractivity contribution in [3.8, 4) is 5.75 Å². The minimum absolute atomic E-state index is 0.110. The Bertz CT molecular complexity index is 1010. The Hall–Kier alpha value is -3.57. The number of methoxy groups -OCH3 is 1. The maximum absolute atomic E-state index is 12.8. The number of amides is 2. The van der Waals surface area contributed by atoms with E-state index in [1.165, 1.54) is 0 Å². The number of para-hydroxylation sites is 1. The first-order valence-electron chi connectivity index (χ1n) is 8.84. The van der Waals surface area contributed by atoms with Gasteiger partial charge in [-0.05, 0) is 60.2 Å². The van der Waals surface area contributed by atoms with Gasteiger partial charge in [-0.1, -0.05) is 41.9 Å². The number of anilines is 1. The largest absolute Gasteiger partial charge is 0.497 e. The van der Waals surface area contributed by atoms with Crippen LogP contribution in [0.2, 0.25) is 5.02 Å². The van der Waals surface area contributed by atoms with E-state index < -0.39 is 11.8 Å². The fourth-order valence-corrected chi connectivity index (χ4v) is 2.67. The van der Waals surface area contributed by atoms with Gasteiger partial charge in [0, 0.05) is 16.3 Å². The molecule has 2 N–H and O–H groups in total. The minimum atomic E-state index is -0.436. The lowest BCUT2D eigenvalue weighted by molar-refractivity contribution is -0.113. The molecule has 0 radical (unpaired) electrons. The lowest BCUT2D eigenvalue weighted by atomic mass is 10.1. The van der Waals surface area contributed by atoms with E-state index in [1.54, 1.807) is 73.8 Å². The van der Waals surface area contributed by atoms with E-state index in [9.17, 15) is 9.59 Å². The highest BCUT2D eigenvalue weighted by molar-refractivity contribution is 6.30. The number of carbonyl (C=O) groups is 2. The normalized spacial score (nSPS) is 10.9. The number of benzene rings is 3. The molecule has 0 saturated heterocycles. The summed E-state index contributed by atoms with van der Waals surface area (Å²) in [5, 5.41) is 5.99. The second kappa shape index (κ2) is 9.57. The molecular formula is C23H19ClN2O3. The fraction of sp³-hybridized carbons (Fsp3) is 0.0435. The molecule has 3 aromatic rings. The van der Waals surface area contributed by atoms with Crippen molar-refractivity contribution < 1.29 is 14.3 Å². The molecule has 0 aliphatic heterocycles. The number of carbonyl (C=O) groups excluding carboxylic acids is 2. The van der Waals surface area contributed by atoms with Crippen molar-refractivity contribution in [2.45, 2.75) is 0 Å². The van der Waals surface area contributed by atoms with Crippen LogP contribution in [0.15, 0.2) is 84.6 Å². The van der Waals surface area contributed by atoms with E-state index in [-0.39, 0.29) is 5.70 Å². The predicted molar refractivity (Wildman–Crippen MR) is 115 cm³/mol. The lowest BCUT2D eigenvalue weighted by Crippen LogP contribution is -2.30. The van der Waals surface area contributed by atoms with Crippen LogP contribution in [0.5, 0.6) is 5.75 Å². The molecule has 29 heavy (non-hydrogen) atoms. The summed E-state index contributed by atoms with van der Waals surface area (Å²) in [7, 11) is 1.58. The van der Waals surface area contributed by atoms with E-state index in [0.29, 0.717) is 22.0 Å². The van der Waals surface area contributed by atoms with E-state index >= 15 is 0 Å². The molecule has 0 bridgehead atoms. The van der Waals surface area contributed by atoms with E-state index in [4.69, 9.17) is 16.3 Å². The predicted octanol–water partition coefficient (Wildman–Crippen LogP) is 4.76. The van der Waals surface area contributed by atoms with Crippen molar-refractivity contribution in [2.24, 2.45) is 0 Å². The van der Waals surface area contributed by atoms with Crippen LogP contribution >= 0.6 is 11.6 Å². The van der Waals surface area contributed by atoms with Gasteiger partial charge in [-0.2, -0.15) is 0 Å². The summed E-state index contributed by atoms with van der Waals surface area (Å²) in [6, 6.07) is 22.6. The highest BCUT2D eigenvalue weighted by Crippen LogP contribution is 2.16. The SMILES string of the molecule is COc1ccc(C=C(NC(=O)c2ccc(Cl)cc2)C(=O)Nc2ccccc2)cc1. The third-order valence-electron chi connectivity index (χ3n) is 4.06. The summed E-state index contributed by atoms with van der Waals surface area (Å²) in [5.41, 5.74) is 1.86. The molecule has 3 aromatic carbocycles. The molecule has 0 aromatic heterocycles. The van der Waals surface area contributed by atoms with Gasteiger partial charge >= 0.3 is 0 Å². The van der Waals surface area contributed by atoms with Gasteiger partial charge in [-0.25, -0.2) is 0 Å². The Labute approximate surface area is 174 Å². The van der Waals surface area contributed by atoms with Crippen LogP contribution in [0.4, 0.5) is 5.69 Å². The number of rotatable bonds is 6. The summed E-state index contributed by atoms with van der Waals surface area (Å²) >= 11 is 5.88. The first-order chi connectivity index (χ1) is 14.0. The minimum Gasteiger partial charge on any atom is -0.497 e. The molecule has 0 heterocycles. The second-order valence-electron chi connectivity index (χ2n) is 6.11. The highest BCUT2D eigenvalue weighted by atomic mass is 35.5. The molecule has 0 spiro atoms. The van der Waals surface area contributed by atoms with Gasteiger partial charge < -0.3 is 15.4 Å². The standard InChI is InChI=1S/C23H19ClN2O3/c1-29-20-13-7-16(8-14-20)15-21(23(28)25-19-5-3-2-4-6-19)26-22(27)17-9-11-18(24)12-10-17/h2-15H,1H3,(H,25,28)(H,26,27). The average molecular weight is 407 g/mol. The molecule has 2 amide bonds. The van der Waals surface area contributed by atoms with Crippen LogP contribution in [-0.4, -0.2) is 18.9 Å². The smallest absolute Gasteiger partial charge is 0.272 e. The summed E-state index contributed by atoms with van der Waals surface area (Å²) in [6.07, 6.45) is 1.60. The molecular weight excluding hydrogens is 388 g/mol. The zero-order chi connectivity index (χ0) is 20.6. The van der Waals surface area contributed by atoms with E-state index in [0.717, 1.165) is 5.56 Å². The van der Waals surface area contributed by atoms with Gasteiger partial charge in [0.25, 0.3) is 11.8 Å². The molecule has 0 aliphatic rings. The Morgan fingerprint density at radius 2 is 1.55 bits per heavy atom. The summed E-state index contributed by atoms with van der Waals surface area (Å²) in [5.74, 6) is -0.151. The van der Waals surface area contributed by atoms with Crippen LogP contribution in [0.3, 0.4) is 0 Å². The third kappa shape index (κ3) is 5.70. The zero-order valence-corrected chi connectivity index (χ0v) is 16.4. The molecule has 0 fully saturated rings. The fourth-order valence-electron chi connectivity index (χ4n) is 2.54. The van der Waals surface area contributed by atoms with Crippen molar-refractivity contribution in [3.05, 3.63) is 101 Å². The van der Waals surface area contributed by atoms with Gasteiger partial charge in [-0.15, -0.1) is 0 Å². The monoisotopic (exact) mass is 406 g/mol. The lowest BCUT2D eigenvalue weighted by Gasteiger charge is -2.11. The zero-order valence-electron chi connectivity index (χ0n) is 15.7. The Morgan fingerprint density at radius 3 is 2.17 bits per heavy atom. The molecule has 0 unspecified atom stereocenters. The Kier molecular flexibility index (Phi) is 6.66. The molecule has 0 atom stereocenters. The van der Waals surface area contributed by atoms with E-state index in [2.05, 4.69) is 10.6 Å². The molecule has 3 rings (SSSR count). The molecule has 0 aliphatic carbocycles. The maximum Gasteiger partial charge on any atom is 0.272 e. The molecule has 146 valence electrons. The van der Waals surface area contributed by atoms with Crippen molar-refractivity contribution >= 4 is 35.2 Å². The van der Waals surface area contributed by atoms with Crippen molar-refractivity contribution in [3.63, 3.8) is 0 Å². The van der Waals surface area contributed by atoms with Crippen LogP contribution in [0.25, 0.3) is 6.08 Å². The van der Waals surface area contributed by atoms with Crippen molar-refractivity contribution in [1.82, 2.24) is 5.32 Å². The average Bonchev–Trinajstić information content (AvgIpc) is 2.75. The Balaban J connectivity index is 1.87. The number of nitrogens with one attached hydrogen (secondary N) is 2. The molecule has 0 saturated carbocycles. The molecule has 6 heteroatoms. The van der Waals surface area contributed by atoms with Gasteiger partial charge in [0.05, 0.1) is 7.11 Å². The molecule has 5 nitrogen and oxygen atoms in total. The topological polar surface area (TPSA) is 67.4 Å². The Morgan fingerprint density at radius 1 is 0.897 bits per heavy atom. The van der Waals surface area contributed by atoms with Crippen molar-refractivity contribution in [2.75, 3.05) is 12.4 Å². The number of hydrogen-bond donors (Lipinski definition) is 2. The second-order valence-corrected chi connectivity index (χ2v) is 6.55. The van der Waals surface area contributed by atoms with Gasteiger partial charge in [-0.3, -0.25) is 9.59 Å². The number of hydrogen-bond acceptors (Lipinski definition) is 3. The summed E-state index contributed by atoms with van der Waals surface area (Å²) in [6.45, 7) is 0. The first kappa shape index (κ1) is 20.2. The van der Waals surface area contributed by atoms with Crippen LogP contribution in [-0.2, 0) is 4.79 Å².